The van der Waals surface area contributed by atoms with Crippen molar-refractivity contribution in [2.45, 2.75) is 33.2 Å². The number of carbonyl (C=O) groups is 1. The molecule has 0 saturated heterocycles. The summed E-state index contributed by atoms with van der Waals surface area (Å²) in [5.41, 5.74) is 0. The van der Waals surface area contributed by atoms with Gasteiger partial charge in [0, 0.05) is 6.54 Å². The second kappa shape index (κ2) is 6.51. The van der Waals surface area contributed by atoms with E-state index in [2.05, 4.69) is 24.3 Å². The highest BCUT2D eigenvalue weighted by Crippen LogP contribution is 2.23. The van der Waals surface area contributed by atoms with Crippen LogP contribution < -0.4 is 5.32 Å². The van der Waals surface area contributed by atoms with Gasteiger partial charge in [0.1, 0.15) is 6.04 Å². The lowest BCUT2D eigenvalue weighted by Crippen LogP contribution is -2.32. The van der Waals surface area contributed by atoms with Gasteiger partial charge < -0.3 is 15.4 Å². The van der Waals surface area contributed by atoms with Crippen molar-refractivity contribution in [3.05, 3.63) is 21.3 Å². The zero-order valence-electron chi connectivity index (χ0n) is 11.1. The maximum atomic E-state index is 11.8. The Hall–Kier alpha value is -1.63. The largest absolute Gasteiger partial charge is 0.408 e. The molecule has 8 heteroatoms. The Morgan fingerprint density at radius 3 is 2.68 bits per heavy atom. The zero-order valence-corrected chi connectivity index (χ0v) is 11.8. The monoisotopic (exact) mass is 288 g/mol. The summed E-state index contributed by atoms with van der Waals surface area (Å²) in [7, 11) is 0. The average molecular weight is 289 g/mol. The van der Waals surface area contributed by atoms with E-state index < -0.39 is 16.8 Å². The molecule has 1 aromatic rings. The van der Waals surface area contributed by atoms with Gasteiger partial charge >= 0.3 is 5.82 Å². The van der Waals surface area contributed by atoms with E-state index in [0.717, 1.165) is 6.42 Å². The molecule has 0 aromatic carbocycles. The summed E-state index contributed by atoms with van der Waals surface area (Å²) in [5, 5.41) is 17.0. The first-order chi connectivity index (χ1) is 8.82. The van der Waals surface area contributed by atoms with Crippen LogP contribution in [-0.2, 0) is 4.79 Å². The zero-order chi connectivity index (χ0) is 14.6. The number of hydrogen-bond donors (Lipinski definition) is 1. The molecule has 1 unspecified atom stereocenters. The third-order valence-corrected chi connectivity index (χ3v) is 2.91. The number of aromatic nitrogens is 2. The minimum absolute atomic E-state index is 0.0770. The van der Waals surface area contributed by atoms with Crippen molar-refractivity contribution in [1.29, 1.82) is 0 Å². The Morgan fingerprint density at radius 1 is 1.58 bits per heavy atom. The van der Waals surface area contributed by atoms with Crippen LogP contribution >= 0.6 is 11.6 Å². The van der Waals surface area contributed by atoms with Crippen molar-refractivity contribution in [2.75, 3.05) is 6.54 Å². The molecule has 1 amide bonds. The fourth-order valence-electron chi connectivity index (χ4n) is 1.43. The summed E-state index contributed by atoms with van der Waals surface area (Å²) in [6.45, 7) is 6.30. The van der Waals surface area contributed by atoms with Gasteiger partial charge in [-0.1, -0.05) is 25.4 Å². The van der Waals surface area contributed by atoms with Gasteiger partial charge in [0.2, 0.25) is 5.91 Å². The average Bonchev–Trinajstić information content (AvgIpc) is 2.69. The van der Waals surface area contributed by atoms with E-state index in [9.17, 15) is 14.9 Å². The van der Waals surface area contributed by atoms with Crippen molar-refractivity contribution < 1.29 is 9.72 Å². The normalized spacial score (nSPS) is 12.5. The number of halogens is 1. The quantitative estimate of drug-likeness (QED) is 0.641. The lowest BCUT2D eigenvalue weighted by Gasteiger charge is -2.11. The fraction of sp³-hybridized carbons (Fsp3) is 0.636. The van der Waals surface area contributed by atoms with Gasteiger partial charge in [-0.2, -0.15) is 4.68 Å². The van der Waals surface area contributed by atoms with Crippen molar-refractivity contribution in [3.8, 4) is 0 Å². The van der Waals surface area contributed by atoms with Crippen molar-refractivity contribution in [1.82, 2.24) is 15.1 Å². The third-order valence-electron chi connectivity index (χ3n) is 2.64. The molecule has 0 spiro atoms. The molecule has 106 valence electrons. The van der Waals surface area contributed by atoms with Crippen LogP contribution in [0.25, 0.3) is 0 Å². The molecular formula is C11H17ClN4O3. The molecule has 0 bridgehead atoms. The third kappa shape index (κ3) is 4.20. The lowest BCUT2D eigenvalue weighted by molar-refractivity contribution is -0.389. The highest BCUT2D eigenvalue weighted by atomic mass is 35.5. The van der Waals surface area contributed by atoms with Crippen LogP contribution in [0.5, 0.6) is 0 Å². The Bertz CT molecular complexity index is 473. The number of hydrogen-bond acceptors (Lipinski definition) is 4. The van der Waals surface area contributed by atoms with Gasteiger partial charge in [0.05, 0.1) is 11.3 Å². The van der Waals surface area contributed by atoms with Gasteiger partial charge in [0.15, 0.2) is 5.02 Å². The van der Waals surface area contributed by atoms with E-state index in [1.807, 2.05) is 0 Å². The van der Waals surface area contributed by atoms with Crippen LogP contribution in [0.3, 0.4) is 0 Å². The van der Waals surface area contributed by atoms with Crippen LogP contribution in [0.1, 0.15) is 33.2 Å². The molecule has 0 aliphatic carbocycles. The molecule has 1 rings (SSSR count). The molecular weight excluding hydrogens is 272 g/mol. The molecule has 0 saturated carbocycles. The minimum atomic E-state index is -0.678. The summed E-state index contributed by atoms with van der Waals surface area (Å²) in [4.78, 5) is 21.8. The van der Waals surface area contributed by atoms with Gasteiger partial charge in [-0.15, -0.1) is 0 Å². The first-order valence-electron chi connectivity index (χ1n) is 5.99. The van der Waals surface area contributed by atoms with Crippen LogP contribution in [0.2, 0.25) is 5.02 Å². The molecule has 1 N–H and O–H groups in total. The first-order valence-corrected chi connectivity index (χ1v) is 6.37. The Morgan fingerprint density at radius 2 is 2.21 bits per heavy atom. The van der Waals surface area contributed by atoms with Crippen molar-refractivity contribution >= 4 is 23.3 Å². The molecule has 0 radical (unpaired) electrons. The van der Waals surface area contributed by atoms with Crippen molar-refractivity contribution in [2.24, 2.45) is 5.92 Å². The van der Waals surface area contributed by atoms with Crippen LogP contribution in [0, 0.1) is 16.0 Å². The summed E-state index contributed by atoms with van der Waals surface area (Å²) < 4.78 is 1.20. The maximum absolute atomic E-state index is 11.8. The van der Waals surface area contributed by atoms with E-state index in [1.54, 1.807) is 6.92 Å². The number of amides is 1. The second-order valence-electron chi connectivity index (χ2n) is 4.69. The maximum Gasteiger partial charge on any atom is 0.408 e. The first kappa shape index (κ1) is 15.4. The van der Waals surface area contributed by atoms with E-state index in [4.69, 9.17) is 11.6 Å². The van der Waals surface area contributed by atoms with Gasteiger partial charge in [0.25, 0.3) is 0 Å². The minimum Gasteiger partial charge on any atom is -0.358 e. The molecule has 0 fully saturated rings. The molecule has 1 heterocycles. The Kier molecular flexibility index (Phi) is 5.29. The Labute approximate surface area is 116 Å². The molecule has 0 aliphatic heterocycles. The molecule has 1 aromatic heterocycles. The molecule has 7 nitrogen and oxygen atoms in total. The number of nitro groups is 1. The highest BCUT2D eigenvalue weighted by Gasteiger charge is 2.25. The highest BCUT2D eigenvalue weighted by molar-refractivity contribution is 6.32. The smallest absolute Gasteiger partial charge is 0.358 e. The Balaban J connectivity index is 2.66. The van der Waals surface area contributed by atoms with Crippen LogP contribution in [0.15, 0.2) is 6.20 Å². The summed E-state index contributed by atoms with van der Waals surface area (Å²) in [6.07, 6.45) is 2.16. The predicted octanol–water partition coefficient (Wildman–Crippen LogP) is 2.17. The van der Waals surface area contributed by atoms with E-state index in [1.165, 1.54) is 10.9 Å². The summed E-state index contributed by atoms with van der Waals surface area (Å²) >= 11 is 5.68. The van der Waals surface area contributed by atoms with Gasteiger partial charge in [-0.05, 0) is 24.2 Å². The van der Waals surface area contributed by atoms with Crippen LogP contribution in [-0.4, -0.2) is 27.2 Å². The van der Waals surface area contributed by atoms with Crippen LogP contribution in [0.4, 0.5) is 5.82 Å². The SMILES string of the molecule is CC(C)CCNC(=O)C(C)n1cc(Cl)c([N+](=O)[O-])n1. The predicted molar refractivity (Wildman–Crippen MR) is 71.1 cm³/mol. The lowest BCUT2D eigenvalue weighted by atomic mass is 10.1. The summed E-state index contributed by atoms with van der Waals surface area (Å²) in [5.74, 6) is -0.186. The molecule has 1 atom stereocenters. The van der Waals surface area contributed by atoms with Gasteiger partial charge in [-0.3, -0.25) is 4.79 Å². The number of nitrogens with one attached hydrogen (secondary N) is 1. The standard InChI is InChI=1S/C11H17ClN4O3/c1-7(2)4-5-13-11(17)8(3)15-6-9(12)10(14-15)16(18)19/h6-8H,4-5H2,1-3H3,(H,13,17). The molecule has 19 heavy (non-hydrogen) atoms. The van der Waals surface area contributed by atoms with Gasteiger partial charge in [-0.25, -0.2) is 0 Å². The second-order valence-corrected chi connectivity index (χ2v) is 5.09. The van der Waals surface area contributed by atoms with E-state index in [-0.39, 0.29) is 10.9 Å². The van der Waals surface area contributed by atoms with Crippen molar-refractivity contribution in [3.63, 3.8) is 0 Å². The number of nitrogens with zero attached hydrogens (tertiary/aromatic N) is 3. The number of rotatable bonds is 6. The van der Waals surface area contributed by atoms with E-state index in [0.29, 0.717) is 12.5 Å². The van der Waals surface area contributed by atoms with E-state index >= 15 is 0 Å². The fourth-order valence-corrected chi connectivity index (χ4v) is 1.64. The summed E-state index contributed by atoms with van der Waals surface area (Å²) in [6, 6.07) is -0.640. The number of carbonyl (C=O) groups excluding carboxylic acids is 1. The molecule has 0 aliphatic rings. The topological polar surface area (TPSA) is 90.1 Å².